The summed E-state index contributed by atoms with van der Waals surface area (Å²) in [6.07, 6.45) is 6.93. The van der Waals surface area contributed by atoms with Gasteiger partial charge in [-0.05, 0) is 19.3 Å². The Balaban J connectivity index is 2.07. The molecule has 64 valence electrons. The van der Waals surface area contributed by atoms with Crippen molar-refractivity contribution in [1.82, 2.24) is 0 Å². The third kappa shape index (κ3) is 3.40. The molecule has 0 aromatic heterocycles. The summed E-state index contributed by atoms with van der Waals surface area (Å²) in [6, 6.07) is 0. The minimum atomic E-state index is 0.725. The molecule has 0 atom stereocenters. The molecular formula is C9H18N2. The van der Waals surface area contributed by atoms with Crippen LogP contribution in [-0.2, 0) is 0 Å². The van der Waals surface area contributed by atoms with Crippen LogP contribution < -0.4 is 5.73 Å². The van der Waals surface area contributed by atoms with Crippen LogP contribution in [0, 0.1) is 5.92 Å². The molecule has 0 aromatic carbocycles. The Morgan fingerprint density at radius 2 is 2.09 bits per heavy atom. The second-order valence-corrected chi connectivity index (χ2v) is 3.46. The van der Waals surface area contributed by atoms with Crippen molar-refractivity contribution >= 4 is 5.84 Å². The molecule has 0 bridgehead atoms. The van der Waals surface area contributed by atoms with E-state index >= 15 is 0 Å². The molecular weight excluding hydrogens is 136 g/mol. The van der Waals surface area contributed by atoms with Gasteiger partial charge in [-0.1, -0.05) is 25.7 Å². The van der Waals surface area contributed by atoms with Crippen molar-refractivity contribution in [1.29, 1.82) is 0 Å². The minimum Gasteiger partial charge on any atom is -0.388 e. The van der Waals surface area contributed by atoms with Gasteiger partial charge in [-0.25, -0.2) is 0 Å². The normalized spacial score (nSPS) is 21.0. The van der Waals surface area contributed by atoms with Gasteiger partial charge in [-0.2, -0.15) is 0 Å². The minimum absolute atomic E-state index is 0.725. The van der Waals surface area contributed by atoms with Crippen LogP contribution in [0.2, 0.25) is 0 Å². The highest BCUT2D eigenvalue weighted by Crippen LogP contribution is 2.27. The van der Waals surface area contributed by atoms with E-state index in [2.05, 4.69) is 4.99 Å². The maximum atomic E-state index is 5.43. The number of rotatable bonds is 3. The summed E-state index contributed by atoms with van der Waals surface area (Å²) in [5, 5.41) is 0. The maximum Gasteiger partial charge on any atom is 0.0905 e. The van der Waals surface area contributed by atoms with Gasteiger partial charge in [0.1, 0.15) is 0 Å². The fraction of sp³-hybridized carbons (Fsp3) is 0.889. The van der Waals surface area contributed by atoms with Gasteiger partial charge in [-0.15, -0.1) is 0 Å². The molecule has 0 aliphatic heterocycles. The number of nitrogens with two attached hydrogens (primary N) is 1. The molecule has 0 radical (unpaired) electrons. The summed E-state index contributed by atoms with van der Waals surface area (Å²) in [6.45, 7) is 2.79. The average Bonchev–Trinajstić information content (AvgIpc) is 2.39. The van der Waals surface area contributed by atoms with Crippen molar-refractivity contribution in [2.24, 2.45) is 16.6 Å². The molecule has 0 unspecified atom stereocenters. The second-order valence-electron chi connectivity index (χ2n) is 3.46. The summed E-state index contributed by atoms with van der Waals surface area (Å²) < 4.78 is 0. The average molecular weight is 154 g/mol. The fourth-order valence-corrected chi connectivity index (χ4v) is 1.72. The Bertz CT molecular complexity index is 130. The van der Waals surface area contributed by atoms with Gasteiger partial charge in [0.15, 0.2) is 0 Å². The molecule has 0 saturated heterocycles. The smallest absolute Gasteiger partial charge is 0.0905 e. The van der Waals surface area contributed by atoms with Crippen molar-refractivity contribution in [3.63, 3.8) is 0 Å². The molecule has 2 nitrogen and oxygen atoms in total. The Morgan fingerprint density at radius 3 is 2.64 bits per heavy atom. The van der Waals surface area contributed by atoms with Gasteiger partial charge in [-0.3, -0.25) is 4.99 Å². The zero-order chi connectivity index (χ0) is 8.10. The zero-order valence-corrected chi connectivity index (χ0v) is 7.34. The number of hydrogen-bond acceptors (Lipinski definition) is 1. The van der Waals surface area contributed by atoms with Crippen molar-refractivity contribution < 1.29 is 0 Å². The fourth-order valence-electron chi connectivity index (χ4n) is 1.72. The predicted molar refractivity (Wildman–Crippen MR) is 48.7 cm³/mol. The molecule has 0 amide bonds. The number of aliphatic imine (C=N–C) groups is 1. The monoisotopic (exact) mass is 154 g/mol. The quantitative estimate of drug-likeness (QED) is 0.489. The van der Waals surface area contributed by atoms with E-state index in [4.69, 9.17) is 5.73 Å². The molecule has 1 aliphatic rings. The molecule has 2 heteroatoms. The standard InChI is InChI=1S/C9H18N2/c1-8(10)11-7-6-9-4-2-3-5-9/h9H,2-7H2,1H3,(H2,10,11). The number of nitrogens with zero attached hydrogens (tertiary/aromatic N) is 1. The number of hydrogen-bond donors (Lipinski definition) is 1. The predicted octanol–water partition coefficient (Wildman–Crippen LogP) is 1.94. The summed E-state index contributed by atoms with van der Waals surface area (Å²) in [5.41, 5.74) is 5.43. The lowest BCUT2D eigenvalue weighted by atomic mass is 10.0. The first kappa shape index (κ1) is 8.57. The molecule has 11 heavy (non-hydrogen) atoms. The highest BCUT2D eigenvalue weighted by atomic mass is 14.8. The van der Waals surface area contributed by atoms with Crippen LogP contribution in [0.15, 0.2) is 4.99 Å². The van der Waals surface area contributed by atoms with E-state index in [1.165, 1.54) is 32.1 Å². The first-order valence-electron chi connectivity index (χ1n) is 4.55. The van der Waals surface area contributed by atoms with Crippen LogP contribution >= 0.6 is 0 Å². The topological polar surface area (TPSA) is 38.4 Å². The van der Waals surface area contributed by atoms with Crippen molar-refractivity contribution in [3.05, 3.63) is 0 Å². The maximum absolute atomic E-state index is 5.43. The number of amidine groups is 1. The van der Waals surface area contributed by atoms with E-state index < -0.39 is 0 Å². The van der Waals surface area contributed by atoms with Crippen molar-refractivity contribution in [2.45, 2.75) is 39.0 Å². The molecule has 0 aromatic rings. The van der Waals surface area contributed by atoms with Crippen LogP contribution in [0.5, 0.6) is 0 Å². The van der Waals surface area contributed by atoms with Crippen molar-refractivity contribution in [3.8, 4) is 0 Å². The van der Waals surface area contributed by atoms with E-state index in [1.807, 2.05) is 6.92 Å². The Hall–Kier alpha value is -0.530. The molecule has 1 saturated carbocycles. The first-order chi connectivity index (χ1) is 5.29. The Morgan fingerprint density at radius 1 is 1.45 bits per heavy atom. The van der Waals surface area contributed by atoms with E-state index in [-0.39, 0.29) is 0 Å². The van der Waals surface area contributed by atoms with Gasteiger partial charge in [0.05, 0.1) is 5.84 Å². The summed E-state index contributed by atoms with van der Waals surface area (Å²) in [7, 11) is 0. The second kappa shape index (κ2) is 4.37. The Kier molecular flexibility index (Phi) is 3.40. The van der Waals surface area contributed by atoms with Gasteiger partial charge in [0.25, 0.3) is 0 Å². The lowest BCUT2D eigenvalue weighted by molar-refractivity contribution is 0.512. The largest absolute Gasteiger partial charge is 0.388 e. The Labute approximate surface area is 68.9 Å². The third-order valence-electron chi connectivity index (χ3n) is 2.37. The van der Waals surface area contributed by atoms with Crippen molar-refractivity contribution in [2.75, 3.05) is 6.54 Å². The van der Waals surface area contributed by atoms with E-state index in [1.54, 1.807) is 0 Å². The molecule has 1 fully saturated rings. The summed E-state index contributed by atoms with van der Waals surface area (Å²) >= 11 is 0. The van der Waals surface area contributed by atoms with Crippen LogP contribution in [0.4, 0.5) is 0 Å². The van der Waals surface area contributed by atoms with Gasteiger partial charge in [0.2, 0.25) is 0 Å². The lowest BCUT2D eigenvalue weighted by Crippen LogP contribution is -2.07. The van der Waals surface area contributed by atoms with Crippen LogP contribution in [0.1, 0.15) is 39.0 Å². The SMILES string of the molecule is CC(N)=NCCC1CCCC1. The van der Waals surface area contributed by atoms with Gasteiger partial charge in [0, 0.05) is 6.54 Å². The molecule has 0 heterocycles. The van der Waals surface area contributed by atoms with E-state index in [0.717, 1.165) is 18.3 Å². The van der Waals surface area contributed by atoms with Gasteiger partial charge >= 0.3 is 0 Å². The lowest BCUT2D eigenvalue weighted by Gasteiger charge is -2.04. The highest BCUT2D eigenvalue weighted by molar-refractivity contribution is 5.77. The summed E-state index contributed by atoms with van der Waals surface area (Å²) in [5.74, 6) is 1.67. The zero-order valence-electron chi connectivity index (χ0n) is 7.34. The third-order valence-corrected chi connectivity index (χ3v) is 2.37. The van der Waals surface area contributed by atoms with Crippen LogP contribution in [0.25, 0.3) is 0 Å². The van der Waals surface area contributed by atoms with Crippen LogP contribution in [0.3, 0.4) is 0 Å². The summed E-state index contributed by atoms with van der Waals surface area (Å²) in [4.78, 5) is 4.18. The van der Waals surface area contributed by atoms with Gasteiger partial charge < -0.3 is 5.73 Å². The molecule has 1 rings (SSSR count). The van der Waals surface area contributed by atoms with Crippen LogP contribution in [-0.4, -0.2) is 12.4 Å². The molecule has 1 aliphatic carbocycles. The highest BCUT2D eigenvalue weighted by Gasteiger charge is 2.13. The molecule has 2 N–H and O–H groups in total. The first-order valence-corrected chi connectivity index (χ1v) is 4.55. The van der Waals surface area contributed by atoms with E-state index in [0.29, 0.717) is 0 Å². The molecule has 0 spiro atoms. The van der Waals surface area contributed by atoms with E-state index in [9.17, 15) is 0 Å².